The number of anilines is 1. The summed E-state index contributed by atoms with van der Waals surface area (Å²) >= 11 is 1.68. The van der Waals surface area contributed by atoms with E-state index in [1.165, 1.54) is 0 Å². The van der Waals surface area contributed by atoms with Crippen molar-refractivity contribution in [3.05, 3.63) is 47.0 Å². The zero-order valence-corrected chi connectivity index (χ0v) is 12.3. The Kier molecular flexibility index (Phi) is 4.02. The lowest BCUT2D eigenvalue weighted by molar-refractivity contribution is 0.135. The summed E-state index contributed by atoms with van der Waals surface area (Å²) in [5.41, 5.74) is 3.32. The van der Waals surface area contributed by atoms with Gasteiger partial charge < -0.3 is 10.1 Å². The van der Waals surface area contributed by atoms with Gasteiger partial charge in [-0.1, -0.05) is 12.1 Å². The molecule has 4 heteroatoms. The van der Waals surface area contributed by atoms with Gasteiger partial charge in [0.25, 0.3) is 0 Å². The summed E-state index contributed by atoms with van der Waals surface area (Å²) in [4.78, 5) is 4.53. The normalized spacial score (nSPS) is 17.8. The Morgan fingerprint density at radius 3 is 3.15 bits per heavy atom. The van der Waals surface area contributed by atoms with Crippen LogP contribution in [0.15, 0.2) is 42.0 Å². The van der Waals surface area contributed by atoms with E-state index in [1.54, 1.807) is 11.3 Å². The van der Waals surface area contributed by atoms with Crippen molar-refractivity contribution < 1.29 is 4.74 Å². The van der Waals surface area contributed by atoms with Crippen LogP contribution in [0.1, 0.15) is 17.8 Å². The van der Waals surface area contributed by atoms with E-state index in [4.69, 9.17) is 4.74 Å². The maximum absolute atomic E-state index is 5.56. The van der Waals surface area contributed by atoms with Crippen LogP contribution in [0, 0.1) is 6.92 Å². The smallest absolute Gasteiger partial charge is 0.115 e. The lowest BCUT2D eigenvalue weighted by atomic mass is 10.1. The molecule has 1 aliphatic rings. The first-order chi connectivity index (χ1) is 9.81. The van der Waals surface area contributed by atoms with Crippen LogP contribution in [0.3, 0.4) is 0 Å². The summed E-state index contributed by atoms with van der Waals surface area (Å²) in [6.07, 6.45) is 6.33. The van der Waals surface area contributed by atoms with Crippen molar-refractivity contribution in [1.29, 1.82) is 0 Å². The molecule has 0 saturated carbocycles. The number of nitrogens with one attached hydrogen (secondary N) is 1. The molecule has 2 heterocycles. The molecule has 0 saturated heterocycles. The van der Waals surface area contributed by atoms with Crippen molar-refractivity contribution in [1.82, 2.24) is 4.98 Å². The maximum atomic E-state index is 5.56. The third-order valence-corrected chi connectivity index (χ3v) is 4.11. The molecule has 3 nitrogen and oxygen atoms in total. The van der Waals surface area contributed by atoms with Crippen LogP contribution in [0.4, 0.5) is 5.69 Å². The quantitative estimate of drug-likeness (QED) is 0.913. The first kappa shape index (κ1) is 13.2. The second kappa shape index (κ2) is 6.09. The number of nitrogens with zero attached hydrogens (tertiary/aromatic N) is 1. The number of allylic oxidation sites excluding steroid dienone is 1. The minimum absolute atomic E-state index is 0.269. The largest absolute Gasteiger partial charge is 0.497 e. The number of thiazole rings is 1. The fraction of sp³-hybridized carbons (Fsp3) is 0.312. The predicted molar refractivity (Wildman–Crippen MR) is 84.0 cm³/mol. The zero-order chi connectivity index (χ0) is 13.8. The summed E-state index contributed by atoms with van der Waals surface area (Å²) < 4.78 is 5.56. The van der Waals surface area contributed by atoms with E-state index in [1.807, 2.05) is 13.2 Å². The molecule has 1 aliphatic heterocycles. The molecule has 0 spiro atoms. The molecule has 1 N–H and O–H groups in total. The Bertz CT molecular complexity index is 606. The van der Waals surface area contributed by atoms with Gasteiger partial charge in [0.05, 0.1) is 23.5 Å². The molecule has 0 radical (unpaired) electrons. The van der Waals surface area contributed by atoms with Gasteiger partial charge in [-0.15, -0.1) is 11.3 Å². The summed E-state index contributed by atoms with van der Waals surface area (Å²) in [5, 5.41) is 6.65. The molecule has 1 unspecified atom stereocenters. The SMILES string of the molecule is Cc1nc(-c2cccc(NCC3CCC=CO3)c2)cs1. The monoisotopic (exact) mass is 286 g/mol. The molecule has 1 atom stereocenters. The van der Waals surface area contributed by atoms with E-state index in [2.05, 4.69) is 46.0 Å². The molecule has 3 rings (SSSR count). The van der Waals surface area contributed by atoms with E-state index < -0.39 is 0 Å². The van der Waals surface area contributed by atoms with Crippen LogP contribution in [0.2, 0.25) is 0 Å². The van der Waals surface area contributed by atoms with Crippen molar-refractivity contribution in [2.75, 3.05) is 11.9 Å². The number of aryl methyl sites for hydroxylation is 1. The van der Waals surface area contributed by atoms with Gasteiger partial charge in [-0.3, -0.25) is 0 Å². The molecular weight excluding hydrogens is 268 g/mol. The van der Waals surface area contributed by atoms with E-state index >= 15 is 0 Å². The average molecular weight is 286 g/mol. The lowest BCUT2D eigenvalue weighted by Crippen LogP contribution is -2.22. The van der Waals surface area contributed by atoms with Gasteiger partial charge in [0.1, 0.15) is 6.10 Å². The number of ether oxygens (including phenoxy) is 1. The molecule has 2 aromatic rings. The van der Waals surface area contributed by atoms with Crippen molar-refractivity contribution in [3.8, 4) is 11.3 Å². The number of rotatable bonds is 4. The highest BCUT2D eigenvalue weighted by Gasteiger charge is 2.10. The van der Waals surface area contributed by atoms with Crippen LogP contribution in [-0.2, 0) is 4.74 Å². The molecule has 0 amide bonds. The Morgan fingerprint density at radius 1 is 1.45 bits per heavy atom. The summed E-state index contributed by atoms with van der Waals surface area (Å²) in [7, 11) is 0. The van der Waals surface area contributed by atoms with Crippen LogP contribution in [0.25, 0.3) is 11.3 Å². The second-order valence-electron chi connectivity index (χ2n) is 4.92. The van der Waals surface area contributed by atoms with Crippen molar-refractivity contribution in [2.45, 2.75) is 25.9 Å². The Morgan fingerprint density at radius 2 is 2.40 bits per heavy atom. The number of aromatic nitrogens is 1. The van der Waals surface area contributed by atoms with E-state index in [-0.39, 0.29) is 6.10 Å². The minimum atomic E-state index is 0.269. The van der Waals surface area contributed by atoms with E-state index in [9.17, 15) is 0 Å². The lowest BCUT2D eigenvalue weighted by Gasteiger charge is -2.20. The van der Waals surface area contributed by atoms with Crippen LogP contribution in [0.5, 0.6) is 0 Å². The van der Waals surface area contributed by atoms with Gasteiger partial charge in [0.15, 0.2) is 0 Å². The predicted octanol–water partition coefficient (Wildman–Crippen LogP) is 4.22. The summed E-state index contributed by atoms with van der Waals surface area (Å²) in [5.74, 6) is 0. The fourth-order valence-electron chi connectivity index (χ4n) is 2.25. The highest BCUT2D eigenvalue weighted by Crippen LogP contribution is 2.24. The molecule has 1 aromatic carbocycles. The van der Waals surface area contributed by atoms with Gasteiger partial charge >= 0.3 is 0 Å². The summed E-state index contributed by atoms with van der Waals surface area (Å²) in [6, 6.07) is 8.39. The molecule has 20 heavy (non-hydrogen) atoms. The molecular formula is C16H18N2OS. The van der Waals surface area contributed by atoms with Gasteiger partial charge in [0, 0.05) is 16.6 Å². The van der Waals surface area contributed by atoms with Gasteiger partial charge in [-0.2, -0.15) is 0 Å². The number of hydrogen-bond donors (Lipinski definition) is 1. The first-order valence-corrected chi connectivity index (χ1v) is 7.76. The maximum Gasteiger partial charge on any atom is 0.115 e. The Hall–Kier alpha value is -1.81. The third-order valence-electron chi connectivity index (χ3n) is 3.33. The van der Waals surface area contributed by atoms with E-state index in [0.29, 0.717) is 0 Å². The number of hydrogen-bond acceptors (Lipinski definition) is 4. The topological polar surface area (TPSA) is 34.2 Å². The Balaban J connectivity index is 1.66. The molecule has 0 bridgehead atoms. The van der Waals surface area contributed by atoms with Crippen LogP contribution in [-0.4, -0.2) is 17.6 Å². The number of benzene rings is 1. The van der Waals surface area contributed by atoms with Crippen molar-refractivity contribution in [3.63, 3.8) is 0 Å². The second-order valence-corrected chi connectivity index (χ2v) is 5.98. The highest BCUT2D eigenvalue weighted by atomic mass is 32.1. The first-order valence-electron chi connectivity index (χ1n) is 6.88. The fourth-order valence-corrected chi connectivity index (χ4v) is 2.87. The Labute approximate surface area is 123 Å². The van der Waals surface area contributed by atoms with Crippen molar-refractivity contribution in [2.24, 2.45) is 0 Å². The minimum Gasteiger partial charge on any atom is -0.497 e. The highest BCUT2D eigenvalue weighted by molar-refractivity contribution is 7.09. The van der Waals surface area contributed by atoms with Crippen LogP contribution >= 0.6 is 11.3 Å². The van der Waals surface area contributed by atoms with Gasteiger partial charge in [-0.25, -0.2) is 4.98 Å². The van der Waals surface area contributed by atoms with Crippen LogP contribution < -0.4 is 5.32 Å². The third kappa shape index (κ3) is 3.20. The van der Waals surface area contributed by atoms with Gasteiger partial charge in [0.2, 0.25) is 0 Å². The van der Waals surface area contributed by atoms with Gasteiger partial charge in [-0.05, 0) is 38.0 Å². The standard InChI is InChI=1S/C16H18N2OS/c1-12-18-16(11-20-12)13-5-4-6-14(9-13)17-10-15-7-2-3-8-19-15/h3-6,8-9,11,15,17H,2,7,10H2,1H3. The van der Waals surface area contributed by atoms with E-state index in [0.717, 1.165) is 41.3 Å². The molecule has 1 aromatic heterocycles. The zero-order valence-electron chi connectivity index (χ0n) is 11.5. The molecule has 0 aliphatic carbocycles. The average Bonchev–Trinajstić information content (AvgIpc) is 2.93. The summed E-state index contributed by atoms with van der Waals surface area (Å²) in [6.45, 7) is 2.87. The molecule has 0 fully saturated rings. The van der Waals surface area contributed by atoms with Crippen molar-refractivity contribution >= 4 is 17.0 Å². The molecule has 104 valence electrons.